The highest BCUT2D eigenvalue weighted by atomic mass is 19.4. The van der Waals surface area contributed by atoms with Crippen molar-refractivity contribution in [3.63, 3.8) is 0 Å². The maximum Gasteiger partial charge on any atom is 0.423 e. The number of aromatic nitrogens is 2. The van der Waals surface area contributed by atoms with Gasteiger partial charge in [0, 0.05) is 18.7 Å². The predicted octanol–water partition coefficient (Wildman–Crippen LogP) is -0.838. The van der Waals surface area contributed by atoms with Crippen molar-refractivity contribution in [1.29, 1.82) is 0 Å². The number of aromatic amines is 1. The van der Waals surface area contributed by atoms with Gasteiger partial charge in [-0.3, -0.25) is 14.3 Å². The van der Waals surface area contributed by atoms with E-state index in [0.717, 1.165) is 0 Å². The maximum atomic E-state index is 12.6. The van der Waals surface area contributed by atoms with Crippen molar-refractivity contribution in [1.82, 2.24) is 9.55 Å². The largest absolute Gasteiger partial charge is 0.423 e. The summed E-state index contributed by atoms with van der Waals surface area (Å²) in [5.41, 5.74) is 1.59. The highest BCUT2D eigenvalue weighted by Gasteiger charge is 2.38. The number of alkyl halides is 3. The number of nitrogens with zero attached hydrogens (tertiary/aromatic N) is 1. The van der Waals surface area contributed by atoms with Crippen LogP contribution in [0.2, 0.25) is 0 Å². The quantitative estimate of drug-likeness (QED) is 0.659. The fraction of sp³-hybridized carbons (Fsp3) is 0.600. The van der Waals surface area contributed by atoms with E-state index in [-0.39, 0.29) is 6.42 Å². The lowest BCUT2D eigenvalue weighted by atomic mass is 10.1. The van der Waals surface area contributed by atoms with Crippen LogP contribution in [0.15, 0.2) is 15.8 Å². The molecular weight excluding hydrogens is 283 g/mol. The van der Waals surface area contributed by atoms with Crippen molar-refractivity contribution in [2.24, 2.45) is 5.73 Å². The molecule has 0 spiro atoms. The Morgan fingerprint density at radius 2 is 2.15 bits per heavy atom. The Kier molecular flexibility index (Phi) is 3.71. The van der Waals surface area contributed by atoms with Gasteiger partial charge in [0.15, 0.2) is 0 Å². The van der Waals surface area contributed by atoms with Gasteiger partial charge in [-0.25, -0.2) is 4.79 Å². The van der Waals surface area contributed by atoms with Crippen molar-refractivity contribution in [3.8, 4) is 0 Å². The van der Waals surface area contributed by atoms with Crippen LogP contribution in [0.3, 0.4) is 0 Å². The average molecular weight is 295 g/mol. The van der Waals surface area contributed by atoms with Gasteiger partial charge in [-0.2, -0.15) is 13.2 Å². The number of hydrogen-bond acceptors (Lipinski definition) is 5. The molecule has 0 amide bonds. The lowest BCUT2D eigenvalue weighted by Crippen LogP contribution is -2.36. The summed E-state index contributed by atoms with van der Waals surface area (Å²) in [5.74, 6) is 0. The molecular formula is C10H12F3N3O4. The van der Waals surface area contributed by atoms with Gasteiger partial charge in [-0.15, -0.1) is 0 Å². The van der Waals surface area contributed by atoms with Crippen LogP contribution in [0.5, 0.6) is 0 Å². The number of hydrogen-bond donors (Lipinski definition) is 3. The SMILES string of the molecule is N[C@@H]1C[C@H](n2cc(C(F)(F)F)c(=O)[nH]c2=O)O[C@@H]1CO. The Bertz CT molecular complexity index is 609. The average Bonchev–Trinajstić information content (AvgIpc) is 2.68. The first-order valence-electron chi connectivity index (χ1n) is 5.68. The Balaban J connectivity index is 2.43. The lowest BCUT2D eigenvalue weighted by molar-refractivity contribution is -0.139. The third-order valence-corrected chi connectivity index (χ3v) is 3.05. The van der Waals surface area contributed by atoms with Crippen molar-refractivity contribution < 1.29 is 23.0 Å². The van der Waals surface area contributed by atoms with Gasteiger partial charge in [-0.05, 0) is 0 Å². The zero-order valence-corrected chi connectivity index (χ0v) is 10.1. The fourth-order valence-corrected chi connectivity index (χ4v) is 2.00. The summed E-state index contributed by atoms with van der Waals surface area (Å²) in [5, 5.41) is 8.97. The summed E-state index contributed by atoms with van der Waals surface area (Å²) in [6, 6.07) is -0.613. The van der Waals surface area contributed by atoms with Crippen LogP contribution in [0.1, 0.15) is 18.2 Å². The molecule has 1 saturated heterocycles. The number of halogens is 3. The maximum absolute atomic E-state index is 12.6. The molecule has 1 aromatic heterocycles. The number of aliphatic hydroxyl groups is 1. The molecule has 7 nitrogen and oxygen atoms in total. The van der Waals surface area contributed by atoms with Crippen molar-refractivity contribution in [2.45, 2.75) is 31.0 Å². The molecule has 0 aromatic carbocycles. The molecule has 4 N–H and O–H groups in total. The van der Waals surface area contributed by atoms with Crippen LogP contribution in [-0.4, -0.2) is 33.4 Å². The molecule has 2 rings (SSSR count). The molecule has 0 aliphatic carbocycles. The van der Waals surface area contributed by atoms with Gasteiger partial charge >= 0.3 is 11.9 Å². The van der Waals surface area contributed by atoms with Gasteiger partial charge in [-0.1, -0.05) is 0 Å². The smallest absolute Gasteiger partial charge is 0.394 e. The van der Waals surface area contributed by atoms with Gasteiger partial charge in [0.2, 0.25) is 0 Å². The van der Waals surface area contributed by atoms with Crippen LogP contribution in [0.4, 0.5) is 13.2 Å². The second-order valence-electron chi connectivity index (χ2n) is 4.42. The summed E-state index contributed by atoms with van der Waals surface area (Å²) in [4.78, 5) is 24.3. The van der Waals surface area contributed by atoms with E-state index in [1.807, 2.05) is 0 Å². The summed E-state index contributed by atoms with van der Waals surface area (Å²) in [7, 11) is 0. The third kappa shape index (κ3) is 2.62. The zero-order valence-electron chi connectivity index (χ0n) is 10.1. The van der Waals surface area contributed by atoms with E-state index in [1.54, 1.807) is 4.98 Å². The number of nitrogens with one attached hydrogen (secondary N) is 1. The number of H-pyrrole nitrogens is 1. The lowest BCUT2D eigenvalue weighted by Gasteiger charge is -2.16. The molecule has 1 fully saturated rings. The molecule has 1 aliphatic rings. The molecule has 0 saturated carbocycles. The topological polar surface area (TPSA) is 110 Å². The van der Waals surface area contributed by atoms with Crippen LogP contribution >= 0.6 is 0 Å². The van der Waals surface area contributed by atoms with Crippen LogP contribution < -0.4 is 17.0 Å². The Hall–Kier alpha value is -1.65. The highest BCUT2D eigenvalue weighted by Crippen LogP contribution is 2.29. The fourth-order valence-electron chi connectivity index (χ4n) is 2.00. The van der Waals surface area contributed by atoms with Crippen molar-refractivity contribution in [2.75, 3.05) is 6.61 Å². The molecule has 1 aliphatic heterocycles. The minimum atomic E-state index is -4.89. The van der Waals surface area contributed by atoms with E-state index in [9.17, 15) is 22.8 Å². The molecule has 20 heavy (non-hydrogen) atoms. The van der Waals surface area contributed by atoms with E-state index < -0.39 is 48.0 Å². The number of nitrogens with two attached hydrogens (primary N) is 1. The van der Waals surface area contributed by atoms with E-state index in [1.165, 1.54) is 0 Å². The molecule has 0 radical (unpaired) electrons. The first-order valence-corrected chi connectivity index (χ1v) is 5.68. The van der Waals surface area contributed by atoms with Gasteiger partial charge in [0.25, 0.3) is 5.56 Å². The number of ether oxygens (including phenoxy) is 1. The Morgan fingerprint density at radius 3 is 2.65 bits per heavy atom. The molecule has 0 bridgehead atoms. The minimum absolute atomic E-state index is 0.0501. The second kappa shape index (κ2) is 5.04. The van der Waals surface area contributed by atoms with Crippen LogP contribution in [-0.2, 0) is 10.9 Å². The zero-order chi connectivity index (χ0) is 15.1. The summed E-state index contributed by atoms with van der Waals surface area (Å²) >= 11 is 0. The first-order chi connectivity index (χ1) is 9.24. The van der Waals surface area contributed by atoms with Crippen molar-refractivity contribution >= 4 is 0 Å². The van der Waals surface area contributed by atoms with E-state index in [0.29, 0.717) is 10.8 Å². The predicted molar refractivity (Wildman–Crippen MR) is 59.9 cm³/mol. The number of aliphatic hydroxyl groups excluding tert-OH is 1. The summed E-state index contributed by atoms with van der Waals surface area (Å²) in [6.45, 7) is -0.415. The molecule has 2 heterocycles. The molecule has 3 atom stereocenters. The summed E-state index contributed by atoms with van der Waals surface area (Å²) < 4.78 is 43.7. The standard InChI is InChI=1S/C10H12F3N3O4/c11-10(12,13)4-2-16(9(19)15-8(4)18)7-1-5(14)6(3-17)20-7/h2,5-7,17H,1,3,14H2,(H,15,18,19)/t5-,6-,7-/m1/s1. The molecule has 10 heteroatoms. The Labute approximate surface area is 109 Å². The molecule has 0 unspecified atom stereocenters. The van der Waals surface area contributed by atoms with E-state index in [2.05, 4.69) is 0 Å². The molecule has 112 valence electrons. The molecule has 1 aromatic rings. The third-order valence-electron chi connectivity index (χ3n) is 3.05. The van der Waals surface area contributed by atoms with Gasteiger partial charge in [0.1, 0.15) is 11.8 Å². The van der Waals surface area contributed by atoms with E-state index in [4.69, 9.17) is 15.6 Å². The van der Waals surface area contributed by atoms with E-state index >= 15 is 0 Å². The van der Waals surface area contributed by atoms with Gasteiger partial charge in [0.05, 0.1) is 12.7 Å². The minimum Gasteiger partial charge on any atom is -0.394 e. The normalized spacial score (nSPS) is 26.9. The second-order valence-corrected chi connectivity index (χ2v) is 4.42. The first kappa shape index (κ1) is 14.8. The van der Waals surface area contributed by atoms with Crippen LogP contribution in [0.25, 0.3) is 0 Å². The Morgan fingerprint density at radius 1 is 1.50 bits per heavy atom. The van der Waals surface area contributed by atoms with Crippen molar-refractivity contribution in [3.05, 3.63) is 32.6 Å². The number of rotatable bonds is 2. The van der Waals surface area contributed by atoms with Crippen LogP contribution in [0, 0.1) is 0 Å². The monoisotopic (exact) mass is 295 g/mol. The van der Waals surface area contributed by atoms with Gasteiger partial charge < -0.3 is 15.6 Å². The summed E-state index contributed by atoms with van der Waals surface area (Å²) in [6.07, 6.45) is -6.27. The highest BCUT2D eigenvalue weighted by molar-refractivity contribution is 5.09.